The Morgan fingerprint density at radius 1 is 1.19 bits per heavy atom. The second-order valence-corrected chi connectivity index (χ2v) is 7.89. The number of furan rings is 1. The van der Waals surface area contributed by atoms with Gasteiger partial charge in [0.15, 0.2) is 0 Å². The number of hydrogen-bond donors (Lipinski definition) is 1. The Hall–Kier alpha value is -2.56. The van der Waals surface area contributed by atoms with Crippen molar-refractivity contribution < 1.29 is 14.0 Å². The molecule has 0 bridgehead atoms. The number of anilines is 1. The summed E-state index contributed by atoms with van der Waals surface area (Å²) < 4.78 is 5.00. The molecule has 3 rings (SSSR count). The quantitative estimate of drug-likeness (QED) is 0.904. The molecule has 1 N–H and O–H groups in total. The summed E-state index contributed by atoms with van der Waals surface area (Å²) in [6.45, 7) is 7.50. The van der Waals surface area contributed by atoms with Gasteiger partial charge >= 0.3 is 0 Å². The van der Waals surface area contributed by atoms with Crippen molar-refractivity contribution >= 4 is 17.5 Å². The van der Waals surface area contributed by atoms with E-state index in [1.54, 1.807) is 11.0 Å². The Morgan fingerprint density at radius 3 is 2.65 bits per heavy atom. The number of rotatable bonds is 3. The zero-order valence-corrected chi connectivity index (χ0v) is 15.6. The van der Waals surface area contributed by atoms with Gasteiger partial charge in [-0.25, -0.2) is 0 Å². The van der Waals surface area contributed by atoms with Gasteiger partial charge in [-0.1, -0.05) is 39.0 Å². The molecule has 0 radical (unpaired) electrons. The van der Waals surface area contributed by atoms with Crippen LogP contribution >= 0.6 is 0 Å². The predicted octanol–water partition coefficient (Wildman–Crippen LogP) is 4.07. The lowest BCUT2D eigenvalue weighted by atomic mass is 9.85. The van der Waals surface area contributed by atoms with Crippen LogP contribution in [0.3, 0.4) is 0 Å². The highest BCUT2D eigenvalue weighted by molar-refractivity contribution is 5.96. The van der Waals surface area contributed by atoms with Crippen molar-refractivity contribution in [1.82, 2.24) is 4.90 Å². The van der Waals surface area contributed by atoms with Crippen molar-refractivity contribution in [2.45, 2.75) is 39.0 Å². The molecule has 0 saturated carbocycles. The minimum Gasteiger partial charge on any atom is -0.472 e. The molecule has 26 heavy (non-hydrogen) atoms. The van der Waals surface area contributed by atoms with Crippen molar-refractivity contribution in [3.63, 3.8) is 0 Å². The molecular formula is C21H26N2O3. The summed E-state index contributed by atoms with van der Waals surface area (Å²) in [5.41, 5.74) is 2.43. The number of piperidine rings is 1. The van der Waals surface area contributed by atoms with Crippen molar-refractivity contribution in [1.29, 1.82) is 0 Å². The Labute approximate surface area is 154 Å². The van der Waals surface area contributed by atoms with Crippen LogP contribution in [0.2, 0.25) is 0 Å². The van der Waals surface area contributed by atoms with E-state index < -0.39 is 0 Å². The van der Waals surface area contributed by atoms with Crippen molar-refractivity contribution in [2.24, 2.45) is 5.92 Å². The molecular weight excluding hydrogens is 328 g/mol. The molecule has 1 aliphatic heterocycles. The fourth-order valence-electron chi connectivity index (χ4n) is 3.43. The largest absolute Gasteiger partial charge is 0.472 e. The van der Waals surface area contributed by atoms with Gasteiger partial charge in [0.05, 0.1) is 17.7 Å². The summed E-state index contributed by atoms with van der Waals surface area (Å²) in [6.07, 6.45) is 4.55. The molecule has 1 fully saturated rings. The van der Waals surface area contributed by atoms with Crippen LogP contribution in [0.4, 0.5) is 5.69 Å². The van der Waals surface area contributed by atoms with E-state index in [-0.39, 0.29) is 23.1 Å². The number of hydrogen-bond acceptors (Lipinski definition) is 3. The maximum Gasteiger partial charge on any atom is 0.257 e. The first-order valence-electron chi connectivity index (χ1n) is 9.08. The van der Waals surface area contributed by atoms with Crippen molar-refractivity contribution in [3.05, 3.63) is 54.0 Å². The van der Waals surface area contributed by atoms with E-state index in [2.05, 4.69) is 26.1 Å². The van der Waals surface area contributed by atoms with E-state index >= 15 is 0 Å². The first-order valence-corrected chi connectivity index (χ1v) is 9.08. The zero-order valence-electron chi connectivity index (χ0n) is 15.6. The second-order valence-electron chi connectivity index (χ2n) is 7.89. The summed E-state index contributed by atoms with van der Waals surface area (Å²) in [5, 5.41) is 3.09. The molecule has 1 aromatic carbocycles. The highest BCUT2D eigenvalue weighted by atomic mass is 16.3. The molecule has 1 aliphatic rings. The van der Waals surface area contributed by atoms with Gasteiger partial charge in [-0.3, -0.25) is 9.59 Å². The summed E-state index contributed by atoms with van der Waals surface area (Å²) in [5.74, 6) is -0.301. The number of nitrogens with one attached hydrogen (secondary N) is 1. The fourth-order valence-corrected chi connectivity index (χ4v) is 3.43. The Balaban J connectivity index is 1.70. The predicted molar refractivity (Wildman–Crippen MR) is 101 cm³/mol. The Kier molecular flexibility index (Phi) is 5.16. The minimum atomic E-state index is -0.201. The van der Waals surface area contributed by atoms with E-state index in [1.165, 1.54) is 12.5 Å². The smallest absolute Gasteiger partial charge is 0.257 e. The SMILES string of the molecule is CC(C)(C)c1ccccc1NC(=O)[C@@H]1CCCN(C(=O)c2ccoc2)C1. The number of para-hydroxylation sites is 1. The third-order valence-electron chi connectivity index (χ3n) is 4.84. The molecule has 1 atom stereocenters. The molecule has 0 spiro atoms. The maximum atomic E-state index is 12.8. The van der Waals surface area contributed by atoms with Crippen LogP contribution in [0, 0.1) is 5.92 Å². The first kappa shape index (κ1) is 18.2. The van der Waals surface area contributed by atoms with E-state index in [4.69, 9.17) is 4.42 Å². The van der Waals surface area contributed by atoms with Crippen LogP contribution in [-0.2, 0) is 10.2 Å². The normalized spacial score (nSPS) is 17.8. The van der Waals surface area contributed by atoms with Crippen LogP contribution in [0.15, 0.2) is 47.3 Å². The monoisotopic (exact) mass is 354 g/mol. The third kappa shape index (κ3) is 3.98. The van der Waals surface area contributed by atoms with Crippen molar-refractivity contribution in [2.75, 3.05) is 18.4 Å². The van der Waals surface area contributed by atoms with Crippen LogP contribution in [0.5, 0.6) is 0 Å². The first-order chi connectivity index (χ1) is 12.4. The topological polar surface area (TPSA) is 62.6 Å². The van der Waals surface area contributed by atoms with Gasteiger partial charge in [0, 0.05) is 18.8 Å². The van der Waals surface area contributed by atoms with Crippen molar-refractivity contribution in [3.8, 4) is 0 Å². The van der Waals surface area contributed by atoms with Gasteiger partial charge in [0.1, 0.15) is 6.26 Å². The maximum absolute atomic E-state index is 12.8. The van der Waals surface area contributed by atoms with Crippen LogP contribution in [-0.4, -0.2) is 29.8 Å². The fraction of sp³-hybridized carbons (Fsp3) is 0.429. The Morgan fingerprint density at radius 2 is 1.96 bits per heavy atom. The lowest BCUT2D eigenvalue weighted by molar-refractivity contribution is -0.121. The molecule has 5 nitrogen and oxygen atoms in total. The standard InChI is InChI=1S/C21H26N2O3/c1-21(2,3)17-8-4-5-9-18(17)22-19(24)15-7-6-11-23(13-15)20(25)16-10-12-26-14-16/h4-5,8-10,12,14-15H,6-7,11,13H2,1-3H3,(H,22,24)/t15-/m1/s1. The highest BCUT2D eigenvalue weighted by Gasteiger charge is 2.30. The van der Waals surface area contributed by atoms with Crippen LogP contribution in [0.25, 0.3) is 0 Å². The van der Waals surface area contributed by atoms with E-state index in [1.807, 2.05) is 24.3 Å². The van der Waals surface area contributed by atoms with Gasteiger partial charge in [-0.15, -0.1) is 0 Å². The summed E-state index contributed by atoms with van der Waals surface area (Å²) in [7, 11) is 0. The zero-order chi connectivity index (χ0) is 18.7. The lowest BCUT2D eigenvalue weighted by Crippen LogP contribution is -2.43. The third-order valence-corrected chi connectivity index (χ3v) is 4.84. The van der Waals surface area contributed by atoms with E-state index in [0.29, 0.717) is 18.7 Å². The lowest BCUT2D eigenvalue weighted by Gasteiger charge is -2.32. The molecule has 138 valence electrons. The van der Waals surface area contributed by atoms with Crippen LogP contribution < -0.4 is 5.32 Å². The molecule has 5 heteroatoms. The summed E-state index contributed by atoms with van der Waals surface area (Å²) in [4.78, 5) is 27.1. The molecule has 1 aromatic heterocycles. The number of carbonyl (C=O) groups excluding carboxylic acids is 2. The summed E-state index contributed by atoms with van der Waals surface area (Å²) in [6, 6.07) is 9.56. The van der Waals surface area contributed by atoms with Gasteiger partial charge in [-0.2, -0.15) is 0 Å². The van der Waals surface area contributed by atoms with Crippen LogP contribution in [0.1, 0.15) is 49.5 Å². The average Bonchev–Trinajstić information content (AvgIpc) is 3.15. The number of amides is 2. The highest BCUT2D eigenvalue weighted by Crippen LogP contribution is 2.30. The molecule has 2 aromatic rings. The number of nitrogens with zero attached hydrogens (tertiary/aromatic N) is 1. The second kappa shape index (κ2) is 7.36. The van der Waals surface area contributed by atoms with Gasteiger partial charge in [0.2, 0.25) is 5.91 Å². The number of carbonyl (C=O) groups is 2. The van der Waals surface area contributed by atoms with Gasteiger partial charge < -0.3 is 14.6 Å². The number of benzene rings is 1. The van der Waals surface area contributed by atoms with E-state index in [0.717, 1.165) is 24.1 Å². The molecule has 2 amide bonds. The molecule has 0 unspecified atom stereocenters. The number of likely N-dealkylation sites (tertiary alicyclic amines) is 1. The molecule has 2 heterocycles. The van der Waals surface area contributed by atoms with E-state index in [9.17, 15) is 9.59 Å². The minimum absolute atomic E-state index is 0.0219. The summed E-state index contributed by atoms with van der Waals surface area (Å²) >= 11 is 0. The average molecular weight is 354 g/mol. The molecule has 0 aliphatic carbocycles. The van der Waals surface area contributed by atoms with Gasteiger partial charge in [-0.05, 0) is 36.0 Å². The van der Waals surface area contributed by atoms with Gasteiger partial charge in [0.25, 0.3) is 5.91 Å². The molecule has 1 saturated heterocycles. The Bertz CT molecular complexity index is 775.